The van der Waals surface area contributed by atoms with Crippen LogP contribution in [0.1, 0.15) is 213 Å². The highest BCUT2D eigenvalue weighted by molar-refractivity contribution is 5.76. The molecule has 3 N–H and O–H groups in total. The number of rotatable bonds is 36. The molecule has 0 fully saturated rings. The summed E-state index contributed by atoms with van der Waals surface area (Å²) in [7, 11) is 0. The number of carbonyl (C=O) groups excluding carboxylic acids is 1. The van der Waals surface area contributed by atoms with Crippen molar-refractivity contribution in [3.05, 3.63) is 24.3 Å². The van der Waals surface area contributed by atoms with Crippen molar-refractivity contribution in [2.45, 2.75) is 225 Å². The summed E-state index contributed by atoms with van der Waals surface area (Å²) >= 11 is 0. The van der Waals surface area contributed by atoms with E-state index in [0.29, 0.717) is 12.8 Å². The fourth-order valence-electron chi connectivity index (χ4n) is 6.10. The standard InChI is InChI=1S/C41H79NO3/c1-3-5-7-9-11-13-15-17-19-20-21-23-24-26-28-30-32-34-36-40(44)39(38-43)42-41(45)37-35-33-31-29-27-25-22-18-16-14-12-10-8-6-4-2/h12,14,18,22,39-40,43-44H,3-11,13,15-17,19-21,23-38H2,1-2H3,(H,42,45)/b14-12-,22-18-. The van der Waals surface area contributed by atoms with Crippen molar-refractivity contribution < 1.29 is 15.0 Å². The molecule has 0 aromatic carbocycles. The van der Waals surface area contributed by atoms with Gasteiger partial charge in [-0.3, -0.25) is 4.79 Å². The largest absolute Gasteiger partial charge is 0.394 e. The minimum absolute atomic E-state index is 0.0448. The van der Waals surface area contributed by atoms with Crippen LogP contribution in [0, 0.1) is 0 Å². The number of nitrogens with one attached hydrogen (secondary N) is 1. The van der Waals surface area contributed by atoms with E-state index in [2.05, 4.69) is 43.5 Å². The van der Waals surface area contributed by atoms with Crippen LogP contribution in [0.15, 0.2) is 24.3 Å². The predicted molar refractivity (Wildman–Crippen MR) is 198 cm³/mol. The van der Waals surface area contributed by atoms with Crippen LogP contribution < -0.4 is 5.32 Å². The average molecular weight is 634 g/mol. The van der Waals surface area contributed by atoms with Gasteiger partial charge in [-0.05, 0) is 44.9 Å². The number of aliphatic hydroxyl groups is 2. The Balaban J connectivity index is 3.55. The lowest BCUT2D eigenvalue weighted by atomic mass is 10.0. The lowest BCUT2D eigenvalue weighted by molar-refractivity contribution is -0.123. The number of aliphatic hydroxyl groups excluding tert-OH is 2. The summed E-state index contributed by atoms with van der Waals surface area (Å²) in [4.78, 5) is 12.3. The Bertz CT molecular complexity index is 647. The zero-order valence-electron chi connectivity index (χ0n) is 30.4. The quantitative estimate of drug-likeness (QED) is 0.0475. The highest BCUT2D eigenvalue weighted by Gasteiger charge is 2.19. The Morgan fingerprint density at radius 3 is 1.38 bits per heavy atom. The van der Waals surface area contributed by atoms with Gasteiger partial charge in [-0.15, -0.1) is 0 Å². The first kappa shape index (κ1) is 43.9. The summed E-state index contributed by atoms with van der Waals surface area (Å²) in [6.45, 7) is 4.33. The van der Waals surface area contributed by atoms with Gasteiger partial charge in [0.25, 0.3) is 0 Å². The van der Waals surface area contributed by atoms with Gasteiger partial charge in [-0.2, -0.15) is 0 Å². The second-order valence-electron chi connectivity index (χ2n) is 13.7. The third-order valence-electron chi connectivity index (χ3n) is 9.22. The van der Waals surface area contributed by atoms with Crippen LogP contribution >= 0.6 is 0 Å². The summed E-state index contributed by atoms with van der Waals surface area (Å²) < 4.78 is 0. The van der Waals surface area contributed by atoms with Crippen LogP contribution in [-0.4, -0.2) is 34.9 Å². The maximum atomic E-state index is 12.3. The molecule has 0 aliphatic heterocycles. The van der Waals surface area contributed by atoms with Crippen LogP contribution in [-0.2, 0) is 4.79 Å². The summed E-state index contributed by atoms with van der Waals surface area (Å²) in [6, 6.07) is -0.540. The normalized spacial score (nSPS) is 13.2. The van der Waals surface area contributed by atoms with Crippen molar-refractivity contribution in [3.8, 4) is 0 Å². The van der Waals surface area contributed by atoms with E-state index in [0.717, 1.165) is 44.9 Å². The minimum Gasteiger partial charge on any atom is -0.394 e. The summed E-state index contributed by atoms with van der Waals surface area (Å²) in [5.74, 6) is -0.0448. The SMILES string of the molecule is CCCCC/C=C\C/C=C\CCCCCCCC(=O)NC(CO)C(O)CCCCCCCCCCCCCCCCCCCC. The molecule has 4 nitrogen and oxygen atoms in total. The van der Waals surface area contributed by atoms with Gasteiger partial charge in [0.2, 0.25) is 5.91 Å². The Kier molecular flexibility index (Phi) is 36.4. The molecule has 0 saturated carbocycles. The Labute approximate surface area is 281 Å². The van der Waals surface area contributed by atoms with Crippen molar-refractivity contribution in [1.82, 2.24) is 5.32 Å². The Morgan fingerprint density at radius 2 is 0.911 bits per heavy atom. The lowest BCUT2D eigenvalue weighted by Crippen LogP contribution is -2.45. The third kappa shape index (κ3) is 34.0. The molecule has 45 heavy (non-hydrogen) atoms. The second kappa shape index (κ2) is 37.3. The first-order valence-corrected chi connectivity index (χ1v) is 20.0. The summed E-state index contributed by atoms with van der Waals surface area (Å²) in [6.07, 6.45) is 46.6. The number of unbranched alkanes of at least 4 members (excludes halogenated alkanes) is 25. The molecular formula is C41H79NO3. The highest BCUT2D eigenvalue weighted by atomic mass is 16.3. The Hall–Kier alpha value is -1.13. The van der Waals surface area contributed by atoms with Gasteiger partial charge in [0.15, 0.2) is 0 Å². The number of allylic oxidation sites excluding steroid dienone is 4. The van der Waals surface area contributed by atoms with Gasteiger partial charge < -0.3 is 15.5 Å². The molecule has 0 spiro atoms. The monoisotopic (exact) mass is 634 g/mol. The average Bonchev–Trinajstić information content (AvgIpc) is 3.04. The van der Waals surface area contributed by atoms with E-state index in [-0.39, 0.29) is 12.5 Å². The van der Waals surface area contributed by atoms with E-state index in [4.69, 9.17) is 0 Å². The van der Waals surface area contributed by atoms with Crippen molar-refractivity contribution >= 4 is 5.91 Å². The maximum absolute atomic E-state index is 12.3. The van der Waals surface area contributed by atoms with Crippen molar-refractivity contribution in [2.75, 3.05) is 6.61 Å². The molecule has 0 aliphatic rings. The molecule has 0 rings (SSSR count). The molecule has 0 aromatic rings. The highest BCUT2D eigenvalue weighted by Crippen LogP contribution is 2.16. The molecule has 0 aliphatic carbocycles. The number of hydrogen-bond acceptors (Lipinski definition) is 3. The van der Waals surface area contributed by atoms with Gasteiger partial charge in [0, 0.05) is 6.42 Å². The number of hydrogen-bond donors (Lipinski definition) is 3. The second-order valence-corrected chi connectivity index (χ2v) is 13.7. The molecule has 2 unspecified atom stereocenters. The van der Waals surface area contributed by atoms with E-state index in [1.807, 2.05) is 0 Å². The van der Waals surface area contributed by atoms with Crippen molar-refractivity contribution in [3.63, 3.8) is 0 Å². The molecule has 266 valence electrons. The third-order valence-corrected chi connectivity index (χ3v) is 9.22. The Morgan fingerprint density at radius 1 is 0.533 bits per heavy atom. The van der Waals surface area contributed by atoms with Crippen LogP contribution in [0.25, 0.3) is 0 Å². The fourth-order valence-corrected chi connectivity index (χ4v) is 6.10. The molecule has 0 bridgehead atoms. The molecule has 0 heterocycles. The van der Waals surface area contributed by atoms with Gasteiger partial charge in [0.1, 0.15) is 0 Å². The summed E-state index contributed by atoms with van der Waals surface area (Å²) in [5, 5.41) is 23.1. The first-order valence-electron chi connectivity index (χ1n) is 20.0. The lowest BCUT2D eigenvalue weighted by Gasteiger charge is -2.22. The fraction of sp³-hybridized carbons (Fsp3) is 0.878. The van der Waals surface area contributed by atoms with Gasteiger partial charge >= 0.3 is 0 Å². The first-order chi connectivity index (χ1) is 22.2. The van der Waals surface area contributed by atoms with E-state index in [1.54, 1.807) is 0 Å². The zero-order valence-corrected chi connectivity index (χ0v) is 30.4. The van der Waals surface area contributed by atoms with Crippen LogP contribution in [0.2, 0.25) is 0 Å². The topological polar surface area (TPSA) is 69.6 Å². The van der Waals surface area contributed by atoms with Crippen molar-refractivity contribution in [1.29, 1.82) is 0 Å². The number of amides is 1. The molecule has 4 heteroatoms. The number of carbonyl (C=O) groups is 1. The molecule has 0 aromatic heterocycles. The minimum atomic E-state index is -0.662. The van der Waals surface area contributed by atoms with Gasteiger partial charge in [-0.25, -0.2) is 0 Å². The van der Waals surface area contributed by atoms with E-state index in [9.17, 15) is 15.0 Å². The van der Waals surface area contributed by atoms with Gasteiger partial charge in [0.05, 0.1) is 18.8 Å². The molecule has 2 atom stereocenters. The smallest absolute Gasteiger partial charge is 0.220 e. The van der Waals surface area contributed by atoms with Crippen LogP contribution in [0.3, 0.4) is 0 Å². The maximum Gasteiger partial charge on any atom is 0.220 e. The van der Waals surface area contributed by atoms with Crippen LogP contribution in [0.5, 0.6) is 0 Å². The summed E-state index contributed by atoms with van der Waals surface area (Å²) in [5.41, 5.74) is 0. The predicted octanol–water partition coefficient (Wildman–Crippen LogP) is 12.1. The molecule has 0 radical (unpaired) electrons. The zero-order chi connectivity index (χ0) is 32.9. The molecular weight excluding hydrogens is 554 g/mol. The van der Waals surface area contributed by atoms with Crippen LogP contribution in [0.4, 0.5) is 0 Å². The van der Waals surface area contributed by atoms with E-state index in [1.165, 1.54) is 141 Å². The van der Waals surface area contributed by atoms with Crippen molar-refractivity contribution in [2.24, 2.45) is 0 Å². The van der Waals surface area contributed by atoms with E-state index >= 15 is 0 Å². The molecule has 0 saturated heterocycles. The van der Waals surface area contributed by atoms with Gasteiger partial charge in [-0.1, -0.05) is 186 Å². The van der Waals surface area contributed by atoms with E-state index < -0.39 is 12.1 Å². The molecule has 1 amide bonds.